The van der Waals surface area contributed by atoms with Gasteiger partial charge in [-0.3, -0.25) is 0 Å². The molecule has 1 aliphatic heterocycles. The zero-order chi connectivity index (χ0) is 29.1. The topological polar surface area (TPSA) is 73.3 Å². The van der Waals surface area contributed by atoms with Gasteiger partial charge in [0.2, 0.25) is 5.95 Å². The van der Waals surface area contributed by atoms with Gasteiger partial charge in [0.05, 0.1) is 16.8 Å². The summed E-state index contributed by atoms with van der Waals surface area (Å²) < 4.78 is 79.7. The fourth-order valence-corrected chi connectivity index (χ4v) is 4.41. The predicted octanol–water partition coefficient (Wildman–Crippen LogP) is 5.04. The lowest BCUT2D eigenvalue weighted by Crippen LogP contribution is -2.45. The van der Waals surface area contributed by atoms with E-state index in [9.17, 15) is 26.3 Å². The molecular formula is C26H30F6N8. The minimum absolute atomic E-state index is 0.178. The van der Waals surface area contributed by atoms with Gasteiger partial charge in [0.25, 0.3) is 0 Å². The Morgan fingerprint density at radius 3 is 2.27 bits per heavy atom. The Morgan fingerprint density at radius 2 is 1.68 bits per heavy atom. The molecule has 0 bridgehead atoms. The van der Waals surface area contributed by atoms with Crippen LogP contribution in [0.2, 0.25) is 0 Å². The lowest BCUT2D eigenvalue weighted by molar-refractivity contribution is -0.138. The second-order valence-electron chi connectivity index (χ2n) is 9.54. The van der Waals surface area contributed by atoms with E-state index in [0.717, 1.165) is 31.4 Å². The number of anilines is 4. The van der Waals surface area contributed by atoms with Crippen molar-refractivity contribution in [3.63, 3.8) is 0 Å². The largest absolute Gasteiger partial charge is 0.419 e. The summed E-state index contributed by atoms with van der Waals surface area (Å²) in [5.41, 5.74) is -0.377. The normalized spacial score (nSPS) is 14.9. The quantitative estimate of drug-likeness (QED) is 0.379. The number of likely N-dealkylation sites (N-methyl/N-ethyl adjacent to an activating group) is 2. The maximum atomic E-state index is 13.6. The van der Waals surface area contributed by atoms with Crippen molar-refractivity contribution in [3.8, 4) is 0 Å². The van der Waals surface area contributed by atoms with Crippen LogP contribution in [-0.2, 0) is 25.2 Å². The van der Waals surface area contributed by atoms with E-state index in [4.69, 9.17) is 9.97 Å². The van der Waals surface area contributed by atoms with Crippen molar-refractivity contribution < 1.29 is 26.3 Å². The minimum atomic E-state index is -4.55. The molecule has 8 nitrogen and oxygen atoms in total. The van der Waals surface area contributed by atoms with Crippen LogP contribution < -0.4 is 15.1 Å². The third-order valence-electron chi connectivity index (χ3n) is 6.70. The number of pyridine rings is 2. The summed E-state index contributed by atoms with van der Waals surface area (Å²) in [4.78, 5) is 23.0. The number of rotatable bonds is 8. The zero-order valence-electron chi connectivity index (χ0n) is 22.3. The summed E-state index contributed by atoms with van der Waals surface area (Å²) in [5, 5.41) is 3.04. The van der Waals surface area contributed by atoms with Crippen molar-refractivity contribution in [2.45, 2.75) is 32.1 Å². The Morgan fingerprint density at radius 1 is 0.950 bits per heavy atom. The van der Waals surface area contributed by atoms with E-state index in [1.54, 1.807) is 0 Å². The molecular weight excluding hydrogens is 538 g/mol. The van der Waals surface area contributed by atoms with Crippen LogP contribution in [0.15, 0.2) is 36.7 Å². The highest BCUT2D eigenvalue weighted by Gasteiger charge is 2.35. The second-order valence-corrected chi connectivity index (χ2v) is 9.54. The third kappa shape index (κ3) is 6.90. The highest BCUT2D eigenvalue weighted by atomic mass is 19.4. The SMILES string of the molecule is CCc1c(CCN(C)c2ncccc2C(F)(F)F)nc(N2CCN(C)CC2)nc1Nc1ccc(C(F)(F)F)cn1. The van der Waals surface area contributed by atoms with Crippen molar-refractivity contribution in [2.24, 2.45) is 0 Å². The Bertz CT molecular complexity index is 1290. The molecule has 0 radical (unpaired) electrons. The van der Waals surface area contributed by atoms with Crippen LogP contribution in [0.4, 0.5) is 49.7 Å². The lowest BCUT2D eigenvalue weighted by Gasteiger charge is -2.33. The van der Waals surface area contributed by atoms with E-state index < -0.39 is 23.5 Å². The second kappa shape index (κ2) is 11.8. The Kier molecular flexibility index (Phi) is 8.66. The first-order chi connectivity index (χ1) is 18.9. The fraction of sp³-hybridized carbons (Fsp3) is 0.462. The first kappa shape index (κ1) is 29.3. The number of alkyl halides is 6. The Balaban J connectivity index is 1.65. The monoisotopic (exact) mass is 568 g/mol. The van der Waals surface area contributed by atoms with Gasteiger partial charge in [0.1, 0.15) is 17.5 Å². The van der Waals surface area contributed by atoms with Crippen LogP contribution in [0.25, 0.3) is 0 Å². The van der Waals surface area contributed by atoms with Gasteiger partial charge in [0.15, 0.2) is 0 Å². The van der Waals surface area contributed by atoms with Gasteiger partial charge < -0.3 is 20.0 Å². The van der Waals surface area contributed by atoms with Crippen molar-refractivity contribution >= 4 is 23.4 Å². The lowest BCUT2D eigenvalue weighted by atomic mass is 10.1. The number of halogens is 6. The van der Waals surface area contributed by atoms with Crippen LogP contribution >= 0.6 is 0 Å². The van der Waals surface area contributed by atoms with Crippen LogP contribution in [-0.4, -0.2) is 71.7 Å². The molecule has 0 amide bonds. The number of hydrogen-bond acceptors (Lipinski definition) is 8. The summed E-state index contributed by atoms with van der Waals surface area (Å²) in [6, 6.07) is 4.40. The van der Waals surface area contributed by atoms with Gasteiger partial charge in [-0.05, 0) is 37.7 Å². The molecule has 14 heteroatoms. The van der Waals surface area contributed by atoms with Crippen LogP contribution in [0, 0.1) is 0 Å². The van der Waals surface area contributed by atoms with E-state index in [1.807, 2.05) is 18.9 Å². The standard InChI is InChI=1S/C26H30F6N8/c1-4-18-20(9-11-39(3)23-19(26(30,31)32)6-5-10-33-23)35-24(40-14-12-38(2)13-15-40)37-22(18)36-21-8-7-17(16-34-21)25(27,28)29/h5-8,10,16H,4,9,11-15H2,1-3H3,(H,34,35,36,37). The Labute approximate surface area is 228 Å². The molecule has 1 N–H and O–H groups in total. The van der Waals surface area contributed by atoms with Crippen molar-refractivity contribution in [3.05, 3.63) is 59.0 Å². The summed E-state index contributed by atoms with van der Waals surface area (Å²) in [6.07, 6.45) is -6.25. The van der Waals surface area contributed by atoms with Gasteiger partial charge in [-0.2, -0.15) is 31.3 Å². The number of piperazine rings is 1. The average Bonchev–Trinajstić information content (AvgIpc) is 2.91. The van der Waals surface area contributed by atoms with E-state index in [1.165, 1.54) is 30.3 Å². The van der Waals surface area contributed by atoms with E-state index in [0.29, 0.717) is 42.5 Å². The molecule has 4 rings (SSSR count). The predicted molar refractivity (Wildman–Crippen MR) is 140 cm³/mol. The van der Waals surface area contributed by atoms with Gasteiger partial charge in [0, 0.05) is 64.1 Å². The van der Waals surface area contributed by atoms with Crippen molar-refractivity contribution in [2.75, 3.05) is 61.9 Å². The number of aromatic nitrogens is 4. The third-order valence-corrected chi connectivity index (χ3v) is 6.70. The summed E-state index contributed by atoms with van der Waals surface area (Å²) in [7, 11) is 3.55. The molecule has 1 saturated heterocycles. The summed E-state index contributed by atoms with van der Waals surface area (Å²) in [6.45, 7) is 4.99. The molecule has 0 unspecified atom stereocenters. The molecule has 216 valence electrons. The molecule has 0 saturated carbocycles. The average molecular weight is 569 g/mol. The summed E-state index contributed by atoms with van der Waals surface area (Å²) >= 11 is 0. The van der Waals surface area contributed by atoms with Gasteiger partial charge >= 0.3 is 12.4 Å². The molecule has 1 fully saturated rings. The van der Waals surface area contributed by atoms with Crippen molar-refractivity contribution in [1.82, 2.24) is 24.8 Å². The molecule has 4 heterocycles. The first-order valence-electron chi connectivity index (χ1n) is 12.7. The highest BCUT2D eigenvalue weighted by Crippen LogP contribution is 2.35. The first-order valence-corrected chi connectivity index (χ1v) is 12.7. The molecule has 3 aromatic rings. The van der Waals surface area contributed by atoms with Gasteiger partial charge in [-0.1, -0.05) is 6.92 Å². The Hall–Kier alpha value is -3.68. The van der Waals surface area contributed by atoms with Crippen LogP contribution in [0.3, 0.4) is 0 Å². The zero-order valence-corrected chi connectivity index (χ0v) is 22.3. The molecule has 0 aliphatic carbocycles. The number of nitrogens with one attached hydrogen (secondary N) is 1. The minimum Gasteiger partial charge on any atom is -0.359 e. The molecule has 0 aromatic carbocycles. The molecule has 0 atom stereocenters. The van der Waals surface area contributed by atoms with E-state index in [2.05, 4.69) is 20.2 Å². The van der Waals surface area contributed by atoms with Gasteiger partial charge in [-0.15, -0.1) is 0 Å². The maximum absolute atomic E-state index is 13.6. The molecule has 40 heavy (non-hydrogen) atoms. The van der Waals surface area contributed by atoms with E-state index >= 15 is 0 Å². The van der Waals surface area contributed by atoms with Gasteiger partial charge in [-0.25, -0.2) is 15.0 Å². The number of nitrogens with zero attached hydrogens (tertiary/aromatic N) is 7. The van der Waals surface area contributed by atoms with Crippen LogP contribution in [0.1, 0.15) is 29.3 Å². The number of hydrogen-bond donors (Lipinski definition) is 1. The molecule has 1 aliphatic rings. The maximum Gasteiger partial charge on any atom is 0.419 e. The smallest absolute Gasteiger partial charge is 0.359 e. The summed E-state index contributed by atoms with van der Waals surface area (Å²) in [5.74, 6) is 0.821. The molecule has 0 spiro atoms. The van der Waals surface area contributed by atoms with Crippen molar-refractivity contribution in [1.29, 1.82) is 0 Å². The highest BCUT2D eigenvalue weighted by molar-refractivity contribution is 5.60. The fourth-order valence-electron chi connectivity index (χ4n) is 4.41. The van der Waals surface area contributed by atoms with E-state index in [-0.39, 0.29) is 24.6 Å². The molecule has 3 aromatic heterocycles. The van der Waals surface area contributed by atoms with Crippen LogP contribution in [0.5, 0.6) is 0 Å².